The van der Waals surface area contributed by atoms with Gasteiger partial charge in [-0.05, 0) is 40.4 Å². The van der Waals surface area contributed by atoms with Crippen molar-refractivity contribution in [3.63, 3.8) is 0 Å². The van der Waals surface area contributed by atoms with Crippen molar-refractivity contribution in [3.8, 4) is 0 Å². The molecule has 0 radical (unpaired) electrons. The molecule has 0 heterocycles. The van der Waals surface area contributed by atoms with Gasteiger partial charge in [0.05, 0.1) is 10.0 Å². The standard InChI is InChI=1S/C13H17BrFNO/c1-9(2)7-8-16(3)13(17)10-5-4-6-11(15)12(10)14/h4-6,9H,7-8H2,1-3H3. The zero-order valence-corrected chi connectivity index (χ0v) is 11.9. The Bertz CT molecular complexity index is 406. The number of carbonyl (C=O) groups is 1. The second-order valence-electron chi connectivity index (χ2n) is 4.51. The van der Waals surface area contributed by atoms with Crippen LogP contribution < -0.4 is 0 Å². The first-order chi connectivity index (χ1) is 7.93. The largest absolute Gasteiger partial charge is 0.342 e. The Hall–Kier alpha value is -0.900. The smallest absolute Gasteiger partial charge is 0.254 e. The summed E-state index contributed by atoms with van der Waals surface area (Å²) in [4.78, 5) is 13.7. The van der Waals surface area contributed by atoms with Gasteiger partial charge in [0, 0.05) is 13.6 Å². The fraction of sp³-hybridized carbons (Fsp3) is 0.462. The predicted molar refractivity (Wildman–Crippen MR) is 70.5 cm³/mol. The highest BCUT2D eigenvalue weighted by Gasteiger charge is 2.16. The second-order valence-corrected chi connectivity index (χ2v) is 5.30. The third-order valence-electron chi connectivity index (χ3n) is 2.57. The molecule has 2 nitrogen and oxygen atoms in total. The van der Waals surface area contributed by atoms with Gasteiger partial charge in [0.2, 0.25) is 0 Å². The van der Waals surface area contributed by atoms with Gasteiger partial charge in [-0.2, -0.15) is 0 Å². The zero-order chi connectivity index (χ0) is 13.0. The number of benzene rings is 1. The molecule has 94 valence electrons. The van der Waals surface area contributed by atoms with Crippen molar-refractivity contribution in [1.82, 2.24) is 4.90 Å². The van der Waals surface area contributed by atoms with E-state index in [1.807, 2.05) is 0 Å². The summed E-state index contributed by atoms with van der Waals surface area (Å²) in [5, 5.41) is 0. The molecule has 1 aromatic rings. The topological polar surface area (TPSA) is 20.3 Å². The Balaban J connectivity index is 2.78. The van der Waals surface area contributed by atoms with Crippen molar-refractivity contribution in [2.75, 3.05) is 13.6 Å². The minimum absolute atomic E-state index is 0.156. The van der Waals surface area contributed by atoms with Crippen LogP contribution in [0.25, 0.3) is 0 Å². The van der Waals surface area contributed by atoms with E-state index in [-0.39, 0.29) is 10.4 Å². The van der Waals surface area contributed by atoms with Crippen molar-refractivity contribution in [3.05, 3.63) is 34.1 Å². The molecular weight excluding hydrogens is 285 g/mol. The SMILES string of the molecule is CC(C)CCN(C)C(=O)c1cccc(F)c1Br. The molecule has 4 heteroatoms. The van der Waals surface area contributed by atoms with Gasteiger partial charge in [-0.1, -0.05) is 19.9 Å². The minimum Gasteiger partial charge on any atom is -0.342 e. The van der Waals surface area contributed by atoms with E-state index in [1.165, 1.54) is 6.07 Å². The lowest BCUT2D eigenvalue weighted by atomic mass is 10.1. The molecular formula is C13H17BrFNO. The van der Waals surface area contributed by atoms with E-state index in [2.05, 4.69) is 29.8 Å². The van der Waals surface area contributed by atoms with Gasteiger partial charge in [0.25, 0.3) is 5.91 Å². The van der Waals surface area contributed by atoms with Crippen LogP contribution in [-0.2, 0) is 0 Å². The molecule has 0 N–H and O–H groups in total. The van der Waals surface area contributed by atoms with Crippen LogP contribution in [0.15, 0.2) is 22.7 Å². The van der Waals surface area contributed by atoms with Gasteiger partial charge >= 0.3 is 0 Å². The van der Waals surface area contributed by atoms with E-state index in [4.69, 9.17) is 0 Å². The van der Waals surface area contributed by atoms with E-state index < -0.39 is 5.82 Å². The molecule has 0 bridgehead atoms. The molecule has 1 rings (SSSR count). The highest BCUT2D eigenvalue weighted by molar-refractivity contribution is 9.10. The van der Waals surface area contributed by atoms with Crippen LogP contribution in [0.5, 0.6) is 0 Å². The van der Waals surface area contributed by atoms with Crippen LogP contribution in [0.2, 0.25) is 0 Å². The molecule has 0 aliphatic heterocycles. The molecule has 1 amide bonds. The lowest BCUT2D eigenvalue weighted by molar-refractivity contribution is 0.0787. The van der Waals surface area contributed by atoms with Gasteiger partial charge < -0.3 is 4.90 Å². The fourth-order valence-corrected chi connectivity index (χ4v) is 1.86. The van der Waals surface area contributed by atoms with Crippen molar-refractivity contribution < 1.29 is 9.18 Å². The summed E-state index contributed by atoms with van der Waals surface area (Å²) in [7, 11) is 1.74. The third kappa shape index (κ3) is 3.80. The Morgan fingerprint density at radius 2 is 2.12 bits per heavy atom. The summed E-state index contributed by atoms with van der Waals surface area (Å²) >= 11 is 3.11. The second kappa shape index (κ2) is 6.15. The van der Waals surface area contributed by atoms with Crippen LogP contribution in [0.4, 0.5) is 4.39 Å². The fourth-order valence-electron chi connectivity index (χ4n) is 1.43. The van der Waals surface area contributed by atoms with Gasteiger partial charge in [-0.15, -0.1) is 0 Å². The average molecular weight is 302 g/mol. The molecule has 0 spiro atoms. The quantitative estimate of drug-likeness (QED) is 0.830. The van der Waals surface area contributed by atoms with Crippen molar-refractivity contribution >= 4 is 21.8 Å². The lowest BCUT2D eigenvalue weighted by Crippen LogP contribution is -2.28. The summed E-state index contributed by atoms with van der Waals surface area (Å²) in [6.07, 6.45) is 0.940. The first kappa shape index (κ1) is 14.2. The van der Waals surface area contributed by atoms with Crippen molar-refractivity contribution in [2.45, 2.75) is 20.3 Å². The van der Waals surface area contributed by atoms with Crippen LogP contribution in [0.3, 0.4) is 0 Å². The zero-order valence-electron chi connectivity index (χ0n) is 10.3. The first-order valence-electron chi connectivity index (χ1n) is 5.63. The predicted octanol–water partition coefficient (Wildman–Crippen LogP) is 3.71. The average Bonchev–Trinajstić information content (AvgIpc) is 2.28. The minimum atomic E-state index is -0.409. The number of halogens is 2. The van der Waals surface area contributed by atoms with E-state index in [9.17, 15) is 9.18 Å². The number of rotatable bonds is 4. The molecule has 0 saturated heterocycles. The molecule has 17 heavy (non-hydrogen) atoms. The molecule has 0 saturated carbocycles. The normalized spacial score (nSPS) is 10.7. The van der Waals surface area contributed by atoms with E-state index in [0.717, 1.165) is 6.42 Å². The van der Waals surface area contributed by atoms with Crippen LogP contribution in [-0.4, -0.2) is 24.4 Å². The van der Waals surface area contributed by atoms with Crippen LogP contribution >= 0.6 is 15.9 Å². The number of hydrogen-bond acceptors (Lipinski definition) is 1. The van der Waals surface area contributed by atoms with E-state index >= 15 is 0 Å². The highest BCUT2D eigenvalue weighted by atomic mass is 79.9. The van der Waals surface area contributed by atoms with Gasteiger partial charge in [0.1, 0.15) is 5.82 Å². The Kier molecular flexibility index (Phi) is 5.12. The lowest BCUT2D eigenvalue weighted by Gasteiger charge is -2.19. The molecule has 0 aliphatic carbocycles. The molecule has 0 aromatic heterocycles. The van der Waals surface area contributed by atoms with Gasteiger partial charge in [-0.3, -0.25) is 4.79 Å². The molecule has 1 aromatic carbocycles. The third-order valence-corrected chi connectivity index (χ3v) is 3.38. The molecule has 0 fully saturated rings. The summed E-state index contributed by atoms with van der Waals surface area (Å²) < 4.78 is 13.5. The summed E-state index contributed by atoms with van der Waals surface area (Å²) in [6, 6.07) is 4.50. The first-order valence-corrected chi connectivity index (χ1v) is 6.42. The maximum atomic E-state index is 13.3. The Morgan fingerprint density at radius 1 is 1.47 bits per heavy atom. The summed E-state index contributed by atoms with van der Waals surface area (Å²) in [6.45, 7) is 4.90. The summed E-state index contributed by atoms with van der Waals surface area (Å²) in [5.41, 5.74) is 0.372. The molecule has 0 atom stereocenters. The maximum absolute atomic E-state index is 13.3. The number of hydrogen-bond donors (Lipinski definition) is 0. The van der Waals surface area contributed by atoms with Crippen molar-refractivity contribution in [1.29, 1.82) is 0 Å². The molecule has 0 unspecified atom stereocenters. The van der Waals surface area contributed by atoms with Gasteiger partial charge in [0.15, 0.2) is 0 Å². The number of amides is 1. The Morgan fingerprint density at radius 3 is 2.71 bits per heavy atom. The van der Waals surface area contributed by atoms with E-state index in [0.29, 0.717) is 18.0 Å². The Labute approximate surface area is 110 Å². The van der Waals surface area contributed by atoms with E-state index in [1.54, 1.807) is 24.1 Å². The highest BCUT2D eigenvalue weighted by Crippen LogP contribution is 2.21. The maximum Gasteiger partial charge on any atom is 0.254 e. The van der Waals surface area contributed by atoms with Gasteiger partial charge in [-0.25, -0.2) is 4.39 Å². The number of carbonyl (C=O) groups excluding carboxylic acids is 1. The summed E-state index contributed by atoms with van der Waals surface area (Å²) in [5.74, 6) is -0.0219. The molecule has 0 aliphatic rings. The monoisotopic (exact) mass is 301 g/mol. The van der Waals surface area contributed by atoms with Crippen molar-refractivity contribution in [2.24, 2.45) is 5.92 Å². The number of nitrogens with zero attached hydrogens (tertiary/aromatic N) is 1. The van der Waals surface area contributed by atoms with Crippen LogP contribution in [0.1, 0.15) is 30.6 Å². The van der Waals surface area contributed by atoms with Crippen LogP contribution in [0, 0.1) is 11.7 Å².